The molecule has 6 aromatic carbocycles. The molecule has 0 amide bonds. The molecule has 0 bridgehead atoms. The van der Waals surface area contributed by atoms with Gasteiger partial charge in [-0.3, -0.25) is 0 Å². The van der Waals surface area contributed by atoms with E-state index in [0.717, 1.165) is 61.0 Å². The Bertz CT molecular complexity index is 2640. The fourth-order valence-electron chi connectivity index (χ4n) is 6.89. The summed E-state index contributed by atoms with van der Waals surface area (Å²) in [5.74, 6) is 0. The number of benzene rings is 6. The van der Waals surface area contributed by atoms with Gasteiger partial charge in [0, 0.05) is 27.2 Å². The Morgan fingerprint density at radius 2 is 0.907 bits per heavy atom. The average molecular weight is 551 g/mol. The van der Waals surface area contributed by atoms with Crippen molar-refractivity contribution in [1.29, 1.82) is 0 Å². The summed E-state index contributed by atoms with van der Waals surface area (Å²) < 4.78 is 11.3. The molecule has 0 aliphatic heterocycles. The molecular formula is C38H22N4O. The maximum absolute atomic E-state index is 6.66. The maximum atomic E-state index is 6.66. The first-order chi connectivity index (χ1) is 21.3. The Morgan fingerprint density at radius 1 is 0.442 bits per heavy atom. The van der Waals surface area contributed by atoms with Crippen molar-refractivity contribution in [3.8, 4) is 11.4 Å². The van der Waals surface area contributed by atoms with E-state index in [2.05, 4.69) is 118 Å². The van der Waals surface area contributed by atoms with E-state index in [9.17, 15) is 0 Å². The summed E-state index contributed by atoms with van der Waals surface area (Å²) in [6.45, 7) is 0. The molecule has 5 nitrogen and oxygen atoms in total. The van der Waals surface area contributed by atoms with Crippen molar-refractivity contribution in [2.75, 3.05) is 0 Å². The molecule has 0 atom stereocenters. The lowest BCUT2D eigenvalue weighted by atomic mass is 10.1. The van der Waals surface area contributed by atoms with Gasteiger partial charge in [-0.2, -0.15) is 0 Å². The van der Waals surface area contributed by atoms with E-state index in [1.807, 2.05) is 24.3 Å². The summed E-state index contributed by atoms with van der Waals surface area (Å²) in [4.78, 5) is 9.99. The van der Waals surface area contributed by atoms with Crippen LogP contribution in [-0.4, -0.2) is 19.1 Å². The largest absolute Gasteiger partial charge is 0.434 e. The van der Waals surface area contributed by atoms with Crippen LogP contribution in [0.2, 0.25) is 0 Å². The third-order valence-corrected chi connectivity index (χ3v) is 8.71. The van der Waals surface area contributed by atoms with Gasteiger partial charge in [0.15, 0.2) is 5.58 Å². The van der Waals surface area contributed by atoms with E-state index in [0.29, 0.717) is 5.71 Å². The SMILES string of the molecule is c1ccc2nc3c(nc2c1)oc1c(-n2c4ccccc4c4ccccc42)cc(-n2c4ccccc4c4ccccc42)cc13. The summed E-state index contributed by atoms with van der Waals surface area (Å²) in [6, 6.07) is 46.8. The molecular weight excluding hydrogens is 528 g/mol. The van der Waals surface area contributed by atoms with E-state index in [1.165, 1.54) is 21.5 Å². The molecule has 0 N–H and O–H groups in total. The Balaban J connectivity index is 1.42. The standard InChI is InChI=1S/C38H22N4O/c1-7-17-31-24(11-1)25-12-2-8-18-32(25)41(31)23-21-28-36-38(40-30-16-6-5-15-29(30)39-36)43-37(28)35(22-23)42-33-19-9-3-13-26(33)27-14-4-10-20-34(27)42/h1-22H. The normalized spacial score (nSPS) is 12.2. The highest BCUT2D eigenvalue weighted by molar-refractivity contribution is 6.14. The Kier molecular flexibility index (Phi) is 4.39. The highest BCUT2D eigenvalue weighted by Crippen LogP contribution is 2.41. The van der Waals surface area contributed by atoms with Gasteiger partial charge in [0.1, 0.15) is 5.52 Å². The number of furan rings is 1. The number of hydrogen-bond donors (Lipinski definition) is 0. The van der Waals surface area contributed by atoms with Crippen molar-refractivity contribution in [3.63, 3.8) is 0 Å². The molecule has 0 radical (unpaired) electrons. The molecule has 5 heteroatoms. The van der Waals surface area contributed by atoms with Gasteiger partial charge in [-0.1, -0.05) is 84.9 Å². The van der Waals surface area contributed by atoms with Crippen LogP contribution in [-0.2, 0) is 0 Å². The Hall–Kier alpha value is -5.94. The van der Waals surface area contributed by atoms with Gasteiger partial charge in [0.05, 0.1) is 44.2 Å². The van der Waals surface area contributed by atoms with Gasteiger partial charge in [0.25, 0.3) is 0 Å². The topological polar surface area (TPSA) is 48.8 Å². The van der Waals surface area contributed by atoms with Crippen LogP contribution in [0.1, 0.15) is 0 Å². The van der Waals surface area contributed by atoms with Crippen molar-refractivity contribution in [2.45, 2.75) is 0 Å². The van der Waals surface area contributed by atoms with Crippen molar-refractivity contribution >= 4 is 76.8 Å². The summed E-state index contributed by atoms with van der Waals surface area (Å²) in [7, 11) is 0. The molecule has 0 aliphatic rings. The smallest absolute Gasteiger partial charge is 0.246 e. The first-order valence-electron chi connectivity index (χ1n) is 14.4. The van der Waals surface area contributed by atoms with Crippen molar-refractivity contribution in [3.05, 3.63) is 133 Å². The van der Waals surface area contributed by atoms with Crippen LogP contribution in [0.5, 0.6) is 0 Å². The quantitative estimate of drug-likeness (QED) is 0.215. The monoisotopic (exact) mass is 550 g/mol. The third-order valence-electron chi connectivity index (χ3n) is 8.71. The minimum atomic E-state index is 0.537. The second kappa shape index (κ2) is 8.30. The summed E-state index contributed by atoms with van der Waals surface area (Å²) in [5.41, 5.74) is 10.3. The molecule has 4 aromatic heterocycles. The molecule has 43 heavy (non-hydrogen) atoms. The zero-order valence-corrected chi connectivity index (χ0v) is 22.9. The minimum Gasteiger partial charge on any atom is -0.434 e. The van der Waals surface area contributed by atoms with Crippen molar-refractivity contribution in [2.24, 2.45) is 0 Å². The van der Waals surface area contributed by atoms with Crippen LogP contribution in [0.15, 0.2) is 138 Å². The first-order valence-corrected chi connectivity index (χ1v) is 14.4. The lowest BCUT2D eigenvalue weighted by Crippen LogP contribution is -1.99. The minimum absolute atomic E-state index is 0.537. The maximum Gasteiger partial charge on any atom is 0.246 e. The zero-order chi connectivity index (χ0) is 28.1. The molecule has 0 saturated carbocycles. The van der Waals surface area contributed by atoms with Crippen LogP contribution < -0.4 is 0 Å². The molecule has 0 fully saturated rings. The van der Waals surface area contributed by atoms with Gasteiger partial charge in [-0.05, 0) is 48.5 Å². The number of para-hydroxylation sites is 6. The predicted molar refractivity (Wildman–Crippen MR) is 175 cm³/mol. The summed E-state index contributed by atoms with van der Waals surface area (Å²) in [5, 5.41) is 5.78. The number of nitrogens with zero attached hydrogens (tertiary/aromatic N) is 4. The highest BCUT2D eigenvalue weighted by atomic mass is 16.3. The molecule has 200 valence electrons. The van der Waals surface area contributed by atoms with Crippen LogP contribution in [0.4, 0.5) is 0 Å². The molecule has 10 aromatic rings. The molecule has 4 heterocycles. The Labute approximate surface area is 244 Å². The van der Waals surface area contributed by atoms with Crippen molar-refractivity contribution < 1.29 is 4.42 Å². The molecule has 0 spiro atoms. The number of aromatic nitrogens is 4. The highest BCUT2D eigenvalue weighted by Gasteiger charge is 2.22. The van der Waals surface area contributed by atoms with E-state index >= 15 is 0 Å². The van der Waals surface area contributed by atoms with Gasteiger partial charge >= 0.3 is 0 Å². The molecule has 10 rings (SSSR count). The van der Waals surface area contributed by atoms with Gasteiger partial charge in [-0.25, -0.2) is 9.97 Å². The van der Waals surface area contributed by atoms with E-state index in [1.54, 1.807) is 0 Å². The fraction of sp³-hybridized carbons (Fsp3) is 0. The van der Waals surface area contributed by atoms with Crippen LogP contribution >= 0.6 is 0 Å². The predicted octanol–water partition coefficient (Wildman–Crippen LogP) is 9.72. The summed E-state index contributed by atoms with van der Waals surface area (Å²) in [6.07, 6.45) is 0. The lowest BCUT2D eigenvalue weighted by Gasteiger charge is -2.13. The summed E-state index contributed by atoms with van der Waals surface area (Å²) >= 11 is 0. The van der Waals surface area contributed by atoms with Crippen LogP contribution in [0.3, 0.4) is 0 Å². The van der Waals surface area contributed by atoms with Crippen molar-refractivity contribution in [1.82, 2.24) is 19.1 Å². The third kappa shape index (κ3) is 3.05. The van der Waals surface area contributed by atoms with Crippen LogP contribution in [0.25, 0.3) is 88.2 Å². The van der Waals surface area contributed by atoms with Gasteiger partial charge < -0.3 is 13.6 Å². The Morgan fingerprint density at radius 3 is 1.47 bits per heavy atom. The van der Waals surface area contributed by atoms with E-state index < -0.39 is 0 Å². The number of hydrogen-bond acceptors (Lipinski definition) is 3. The zero-order valence-electron chi connectivity index (χ0n) is 22.9. The van der Waals surface area contributed by atoms with Crippen LogP contribution in [0, 0.1) is 0 Å². The molecule has 0 saturated heterocycles. The number of rotatable bonds is 2. The second-order valence-corrected chi connectivity index (χ2v) is 11.0. The van der Waals surface area contributed by atoms with E-state index in [-0.39, 0.29) is 0 Å². The lowest BCUT2D eigenvalue weighted by molar-refractivity contribution is 0.652. The van der Waals surface area contributed by atoms with Gasteiger partial charge in [0.2, 0.25) is 5.71 Å². The molecule has 0 unspecified atom stereocenters. The van der Waals surface area contributed by atoms with Gasteiger partial charge in [-0.15, -0.1) is 0 Å². The molecule has 0 aliphatic carbocycles. The fourth-order valence-corrected chi connectivity index (χ4v) is 6.89. The number of fused-ring (bicyclic) bond motifs is 10. The van der Waals surface area contributed by atoms with E-state index in [4.69, 9.17) is 14.4 Å². The average Bonchev–Trinajstić information content (AvgIpc) is 3.71. The second-order valence-electron chi connectivity index (χ2n) is 11.0. The first kappa shape index (κ1) is 22.7.